The van der Waals surface area contributed by atoms with E-state index < -0.39 is 68.0 Å². The SMILES string of the molecule is CN(C)CCCOc1ccc(C[C@H](NC(=O)[C@@H]2CCCN2S(=O)(=O)c2nccs2)C(=O)O)cc1.Cc1ccc(S(=O)(=O)N2CCC[C@H]2C(=O)N[C@@H](Cc2ccc(OCCCN(C)Cc3ccccc3)cc2)C(=O)O)cc1. The van der Waals surface area contributed by atoms with Crippen molar-refractivity contribution in [2.45, 2.75) is 98.2 Å². The van der Waals surface area contributed by atoms with Crippen molar-refractivity contribution in [1.82, 2.24) is 34.0 Å². The largest absolute Gasteiger partial charge is 0.494 e. The lowest BCUT2D eigenvalue weighted by atomic mass is 10.1. The number of nitrogens with zero attached hydrogens (tertiary/aromatic N) is 5. The lowest BCUT2D eigenvalue weighted by Gasteiger charge is -2.25. The molecule has 2 aliphatic rings. The zero-order valence-corrected chi connectivity index (χ0v) is 45.8. The summed E-state index contributed by atoms with van der Waals surface area (Å²) in [6.07, 6.45) is 4.94. The van der Waals surface area contributed by atoms with Crippen LogP contribution in [0.5, 0.6) is 11.5 Å². The minimum absolute atomic E-state index is 0.0586. The number of aryl methyl sites for hydroxylation is 1. The summed E-state index contributed by atoms with van der Waals surface area (Å²) >= 11 is 0.980. The van der Waals surface area contributed by atoms with E-state index in [4.69, 9.17) is 9.47 Å². The summed E-state index contributed by atoms with van der Waals surface area (Å²) in [7, 11) is -1.73. The average molecular weight is 1100 g/mol. The molecule has 2 amide bonds. The molecule has 5 aromatic rings. The van der Waals surface area contributed by atoms with Gasteiger partial charge in [0.25, 0.3) is 10.0 Å². The highest BCUT2D eigenvalue weighted by atomic mass is 32.2. The molecular weight excluding hydrogens is 1030 g/mol. The number of ether oxygens (including phenoxy) is 2. The predicted molar refractivity (Wildman–Crippen MR) is 288 cm³/mol. The Morgan fingerprint density at radius 1 is 0.671 bits per heavy atom. The molecule has 76 heavy (non-hydrogen) atoms. The molecule has 0 radical (unpaired) electrons. The molecule has 7 rings (SSSR count). The number of carboxylic acids is 2. The van der Waals surface area contributed by atoms with Crippen LogP contribution in [0.15, 0.2) is 124 Å². The third-order valence-electron chi connectivity index (χ3n) is 12.8. The molecule has 1 aromatic heterocycles. The number of rotatable bonds is 26. The molecule has 19 nitrogen and oxygen atoms in total. The first-order valence-electron chi connectivity index (χ1n) is 25.2. The van der Waals surface area contributed by atoms with E-state index in [1.807, 2.05) is 39.2 Å². The first-order chi connectivity index (χ1) is 36.3. The van der Waals surface area contributed by atoms with Crippen molar-refractivity contribution in [2.24, 2.45) is 0 Å². The Balaban J connectivity index is 0.000000252. The van der Waals surface area contributed by atoms with Gasteiger partial charge in [0, 0.05) is 57.1 Å². The second-order valence-electron chi connectivity index (χ2n) is 19.1. The highest BCUT2D eigenvalue weighted by Crippen LogP contribution is 2.29. The minimum Gasteiger partial charge on any atom is -0.494 e. The Kier molecular flexibility index (Phi) is 21.9. The lowest BCUT2D eigenvalue weighted by Crippen LogP contribution is -2.51. The van der Waals surface area contributed by atoms with Crippen molar-refractivity contribution in [2.75, 3.05) is 60.5 Å². The van der Waals surface area contributed by atoms with Gasteiger partial charge in [-0.3, -0.25) is 9.59 Å². The minimum atomic E-state index is -3.91. The summed E-state index contributed by atoms with van der Waals surface area (Å²) in [6.45, 7) is 6.06. The van der Waals surface area contributed by atoms with Crippen LogP contribution in [-0.4, -0.2) is 159 Å². The Morgan fingerprint density at radius 2 is 1.16 bits per heavy atom. The van der Waals surface area contributed by atoms with Gasteiger partial charge in [-0.1, -0.05) is 72.3 Å². The number of thiazole rings is 1. The van der Waals surface area contributed by atoms with Gasteiger partial charge in [-0.05, 0) is 120 Å². The first-order valence-corrected chi connectivity index (χ1v) is 28.9. The van der Waals surface area contributed by atoms with Crippen molar-refractivity contribution in [3.8, 4) is 11.5 Å². The van der Waals surface area contributed by atoms with Crippen molar-refractivity contribution < 1.29 is 55.7 Å². The Hall–Kier alpha value is -6.27. The molecule has 2 aliphatic heterocycles. The summed E-state index contributed by atoms with van der Waals surface area (Å²) in [5.41, 5.74) is 3.62. The zero-order chi connectivity index (χ0) is 54.8. The molecule has 2 fully saturated rings. The third-order valence-corrected chi connectivity index (χ3v) is 17.8. The molecule has 0 aliphatic carbocycles. The number of carbonyl (C=O) groups is 4. The Bertz CT molecular complexity index is 2880. The van der Waals surface area contributed by atoms with Gasteiger partial charge >= 0.3 is 11.9 Å². The molecule has 2 saturated heterocycles. The van der Waals surface area contributed by atoms with Gasteiger partial charge in [0.15, 0.2) is 0 Å². The molecule has 0 spiro atoms. The van der Waals surface area contributed by atoms with Crippen LogP contribution in [0.1, 0.15) is 60.8 Å². The van der Waals surface area contributed by atoms with E-state index in [1.165, 1.54) is 28.2 Å². The van der Waals surface area contributed by atoms with Gasteiger partial charge in [0.05, 0.1) is 18.1 Å². The van der Waals surface area contributed by atoms with Gasteiger partial charge in [-0.2, -0.15) is 8.61 Å². The van der Waals surface area contributed by atoms with Crippen LogP contribution in [0.25, 0.3) is 0 Å². The number of nitrogens with one attached hydrogen (secondary N) is 2. The number of carboxylic acid groups (broad SMARTS) is 2. The number of hydrogen-bond donors (Lipinski definition) is 4. The van der Waals surface area contributed by atoms with Gasteiger partial charge in [0.2, 0.25) is 26.2 Å². The highest BCUT2D eigenvalue weighted by molar-refractivity contribution is 7.91. The van der Waals surface area contributed by atoms with E-state index in [1.54, 1.807) is 66.0 Å². The number of sulfonamides is 2. The fourth-order valence-corrected chi connectivity index (χ4v) is 13.0. The van der Waals surface area contributed by atoms with Crippen LogP contribution < -0.4 is 20.1 Å². The van der Waals surface area contributed by atoms with E-state index in [-0.39, 0.29) is 35.2 Å². The number of aromatic nitrogens is 1. The first kappa shape index (κ1) is 59.0. The Morgan fingerprint density at radius 3 is 1.62 bits per heavy atom. The number of carbonyl (C=O) groups excluding carboxylic acids is 2. The van der Waals surface area contributed by atoms with Gasteiger partial charge in [0.1, 0.15) is 35.7 Å². The molecule has 4 atom stereocenters. The lowest BCUT2D eigenvalue weighted by molar-refractivity contribution is -0.142. The van der Waals surface area contributed by atoms with E-state index >= 15 is 0 Å². The maximum atomic E-state index is 13.2. The second-order valence-corrected chi connectivity index (χ2v) is 23.9. The topological polar surface area (TPSA) is 245 Å². The molecule has 0 saturated carbocycles. The van der Waals surface area contributed by atoms with Crippen LogP contribution in [-0.2, 0) is 58.6 Å². The number of hydrogen-bond acceptors (Lipinski definition) is 14. The summed E-state index contributed by atoms with van der Waals surface area (Å²) in [5, 5.41) is 26.1. The maximum Gasteiger partial charge on any atom is 0.326 e. The van der Waals surface area contributed by atoms with E-state index in [0.29, 0.717) is 61.5 Å². The smallest absolute Gasteiger partial charge is 0.326 e. The Labute approximate surface area is 449 Å². The summed E-state index contributed by atoms with van der Waals surface area (Å²) in [5.74, 6) is -2.23. The van der Waals surface area contributed by atoms with E-state index in [9.17, 15) is 46.2 Å². The summed E-state index contributed by atoms with van der Waals surface area (Å²) < 4.78 is 65.9. The molecule has 0 bridgehead atoms. The quantitative estimate of drug-likeness (QED) is 0.0514. The fraction of sp³-hybridized carbons (Fsp3) is 0.426. The van der Waals surface area contributed by atoms with Crippen molar-refractivity contribution >= 4 is 55.1 Å². The zero-order valence-electron chi connectivity index (χ0n) is 43.3. The summed E-state index contributed by atoms with van der Waals surface area (Å²) in [6, 6.07) is 26.6. The predicted octanol–water partition coefficient (Wildman–Crippen LogP) is 5.30. The van der Waals surface area contributed by atoms with Crippen molar-refractivity contribution in [3.05, 3.63) is 137 Å². The molecule has 4 N–H and O–H groups in total. The summed E-state index contributed by atoms with van der Waals surface area (Å²) in [4.78, 5) is 58.2. The number of benzene rings is 4. The monoisotopic (exact) mass is 1100 g/mol. The number of amides is 2. The van der Waals surface area contributed by atoms with Gasteiger partial charge < -0.3 is 40.1 Å². The van der Waals surface area contributed by atoms with Crippen LogP contribution in [0.2, 0.25) is 0 Å². The standard InChI is InChI=1S/C32H39N3O6S.C22H30N4O6S2/c1-24-11-17-28(18-12-24)42(39,40)35-20-6-10-30(35)31(36)33-29(32(37)38)22-25-13-15-27(16-14-25)41-21-7-19-34(2)23-26-8-4-3-5-9-26;1-25(2)11-4-13-32-17-8-6-16(7-9-17)15-18(21(28)29)24-20(27)19-5-3-12-26(19)34(30,31)22-23-10-14-33-22/h3-5,8-9,11-18,29-30H,6-7,10,19-23H2,1-2H3,(H,33,36)(H,37,38);6-10,14,18-19H,3-5,11-13,15H2,1-2H3,(H,24,27)(H,28,29)/t29-,30-;18-,19-/m00/s1. The fourth-order valence-electron chi connectivity index (χ4n) is 8.78. The van der Waals surface area contributed by atoms with E-state index in [0.717, 1.165) is 53.7 Å². The van der Waals surface area contributed by atoms with Crippen LogP contribution >= 0.6 is 11.3 Å². The second kappa shape index (κ2) is 28.2. The van der Waals surface area contributed by atoms with Crippen molar-refractivity contribution in [3.63, 3.8) is 0 Å². The molecule has 22 heteroatoms. The van der Waals surface area contributed by atoms with Crippen molar-refractivity contribution in [1.29, 1.82) is 0 Å². The average Bonchev–Trinajstić information content (AvgIpc) is 4.23. The highest BCUT2D eigenvalue weighted by Gasteiger charge is 2.42. The molecule has 0 unspecified atom stereocenters. The number of aliphatic carboxylic acids is 2. The van der Waals surface area contributed by atoms with Crippen LogP contribution in [0.4, 0.5) is 0 Å². The van der Waals surface area contributed by atoms with E-state index in [2.05, 4.69) is 44.6 Å². The molecule has 3 heterocycles. The van der Waals surface area contributed by atoms with Crippen LogP contribution in [0, 0.1) is 6.92 Å². The molecular formula is C54H69N7O12S3. The van der Waals surface area contributed by atoms with Crippen LogP contribution in [0.3, 0.4) is 0 Å². The molecule has 4 aromatic carbocycles. The molecule has 410 valence electrons. The van der Waals surface area contributed by atoms with Gasteiger partial charge in [-0.15, -0.1) is 11.3 Å². The normalized spacial score (nSPS) is 16.9. The van der Waals surface area contributed by atoms with Gasteiger partial charge in [-0.25, -0.2) is 31.4 Å². The third kappa shape index (κ3) is 17.1. The maximum absolute atomic E-state index is 13.2.